The Morgan fingerprint density at radius 2 is 1.84 bits per heavy atom. The number of phenolic OH excluding ortho intramolecular Hbond substituents is 1. The first-order chi connectivity index (χ1) is 15.0. The van der Waals surface area contributed by atoms with Crippen molar-refractivity contribution in [2.75, 3.05) is 13.7 Å². The van der Waals surface area contributed by atoms with Gasteiger partial charge >= 0.3 is 5.97 Å². The van der Waals surface area contributed by atoms with Gasteiger partial charge in [0.1, 0.15) is 11.3 Å². The Bertz CT molecular complexity index is 1300. The van der Waals surface area contributed by atoms with Gasteiger partial charge in [-0.2, -0.15) is 0 Å². The standard InChI is InChI=1S/C25H22N2O4/c1-25-18(24(30)31-2)11-12-20(22(29)17-8-4-6-10-21(17)28)27(25)14-13-16-15-7-3-5-9-19(15)26-23(16)25/h3-12,26,28H,13-14H2,1-2H3. The molecule has 6 heteroatoms. The first-order valence-corrected chi connectivity index (χ1v) is 10.2. The topological polar surface area (TPSA) is 82.6 Å². The van der Waals surface area contributed by atoms with Crippen LogP contribution in [0.2, 0.25) is 0 Å². The van der Waals surface area contributed by atoms with E-state index in [9.17, 15) is 14.7 Å². The number of carbonyl (C=O) groups is 2. The molecule has 2 aliphatic heterocycles. The number of rotatable bonds is 3. The number of allylic oxidation sites excluding steroid dienone is 3. The van der Waals surface area contributed by atoms with Crippen molar-refractivity contribution in [3.63, 3.8) is 0 Å². The first kappa shape index (κ1) is 19.2. The normalized spacial score (nSPS) is 19.9. The summed E-state index contributed by atoms with van der Waals surface area (Å²) in [5, 5.41) is 11.4. The summed E-state index contributed by atoms with van der Waals surface area (Å²) in [6.45, 7) is 2.49. The summed E-state index contributed by atoms with van der Waals surface area (Å²) in [5.74, 6) is -0.797. The molecule has 156 valence electrons. The zero-order chi connectivity index (χ0) is 21.8. The quantitative estimate of drug-likeness (QED) is 0.503. The summed E-state index contributed by atoms with van der Waals surface area (Å²) >= 11 is 0. The summed E-state index contributed by atoms with van der Waals surface area (Å²) < 4.78 is 5.09. The number of methoxy groups -OCH3 is 1. The molecule has 0 spiro atoms. The molecule has 5 rings (SSSR count). The minimum atomic E-state index is -0.913. The van der Waals surface area contributed by atoms with Crippen molar-refractivity contribution in [3.05, 3.63) is 88.8 Å². The lowest BCUT2D eigenvalue weighted by Gasteiger charge is -2.49. The fourth-order valence-electron chi connectivity index (χ4n) is 4.89. The van der Waals surface area contributed by atoms with Crippen molar-refractivity contribution in [1.29, 1.82) is 0 Å². The van der Waals surface area contributed by atoms with E-state index in [1.807, 2.05) is 30.0 Å². The summed E-state index contributed by atoms with van der Waals surface area (Å²) in [6.07, 6.45) is 4.03. The number of ether oxygens (including phenoxy) is 1. The number of aromatic hydroxyl groups is 1. The van der Waals surface area contributed by atoms with Crippen LogP contribution in [0.5, 0.6) is 5.75 Å². The molecule has 2 aromatic carbocycles. The van der Waals surface area contributed by atoms with Crippen molar-refractivity contribution < 1.29 is 19.4 Å². The fraction of sp³-hybridized carbons (Fsp3) is 0.200. The number of aromatic amines is 1. The number of phenols is 1. The molecule has 0 bridgehead atoms. The smallest absolute Gasteiger partial charge is 0.336 e. The Morgan fingerprint density at radius 3 is 2.61 bits per heavy atom. The Kier molecular flexibility index (Phi) is 4.25. The van der Waals surface area contributed by atoms with Crippen LogP contribution in [0.15, 0.2) is 72.0 Å². The third kappa shape index (κ3) is 2.64. The number of benzene rings is 2. The van der Waals surface area contributed by atoms with Gasteiger partial charge in [0.2, 0.25) is 5.78 Å². The van der Waals surface area contributed by atoms with E-state index in [-0.39, 0.29) is 17.1 Å². The molecule has 0 fully saturated rings. The van der Waals surface area contributed by atoms with Crippen molar-refractivity contribution >= 4 is 22.7 Å². The summed E-state index contributed by atoms with van der Waals surface area (Å²) in [6, 6.07) is 14.5. The Morgan fingerprint density at radius 1 is 1.10 bits per heavy atom. The average molecular weight is 414 g/mol. The van der Waals surface area contributed by atoms with Crippen molar-refractivity contribution in [1.82, 2.24) is 9.88 Å². The van der Waals surface area contributed by atoms with Crippen LogP contribution in [0.4, 0.5) is 0 Å². The SMILES string of the molecule is COC(=O)C1=CC=C(C(=O)c2ccccc2O)N2CCc3c([nH]c4ccccc34)C12C. The number of hydrogen-bond donors (Lipinski definition) is 2. The number of nitrogens with one attached hydrogen (secondary N) is 1. The van der Waals surface area contributed by atoms with Crippen LogP contribution >= 0.6 is 0 Å². The lowest BCUT2D eigenvalue weighted by Crippen LogP contribution is -2.53. The van der Waals surface area contributed by atoms with Crippen LogP contribution < -0.4 is 0 Å². The number of hydrogen-bond acceptors (Lipinski definition) is 5. The number of fused-ring (bicyclic) bond motifs is 5. The minimum absolute atomic E-state index is 0.0684. The van der Waals surface area contributed by atoms with Crippen LogP contribution in [0.3, 0.4) is 0 Å². The van der Waals surface area contributed by atoms with E-state index < -0.39 is 11.5 Å². The Hall–Kier alpha value is -3.80. The molecule has 3 aromatic rings. The van der Waals surface area contributed by atoms with E-state index in [0.717, 1.165) is 28.6 Å². The average Bonchev–Trinajstić information content (AvgIpc) is 3.17. The van der Waals surface area contributed by atoms with E-state index in [1.165, 1.54) is 13.2 Å². The van der Waals surface area contributed by atoms with Crippen LogP contribution in [0.1, 0.15) is 28.5 Å². The number of para-hydroxylation sites is 2. The largest absolute Gasteiger partial charge is 0.507 e. The Balaban J connectivity index is 1.72. The van der Waals surface area contributed by atoms with E-state index >= 15 is 0 Å². The van der Waals surface area contributed by atoms with E-state index in [1.54, 1.807) is 30.4 Å². The van der Waals surface area contributed by atoms with E-state index in [0.29, 0.717) is 17.8 Å². The van der Waals surface area contributed by atoms with Crippen LogP contribution in [-0.4, -0.2) is 40.4 Å². The zero-order valence-electron chi connectivity index (χ0n) is 17.3. The molecule has 3 heterocycles. The highest BCUT2D eigenvalue weighted by molar-refractivity contribution is 6.11. The van der Waals surface area contributed by atoms with Crippen molar-refractivity contribution in [3.8, 4) is 5.75 Å². The molecule has 1 aromatic heterocycles. The Labute approximate surface area is 179 Å². The van der Waals surface area contributed by atoms with Gasteiger partial charge in [-0.1, -0.05) is 30.3 Å². The molecule has 0 amide bonds. The fourth-order valence-corrected chi connectivity index (χ4v) is 4.89. The predicted octanol–water partition coefficient (Wildman–Crippen LogP) is 3.83. The summed E-state index contributed by atoms with van der Waals surface area (Å²) in [5.41, 5.74) is 3.21. The molecule has 0 saturated heterocycles. The summed E-state index contributed by atoms with van der Waals surface area (Å²) in [4.78, 5) is 31.6. The number of Topliss-reactive ketones (excluding diaryl/α,β-unsaturated/α-hetero) is 1. The molecule has 1 atom stereocenters. The van der Waals surface area contributed by atoms with Gasteiger partial charge in [-0.05, 0) is 49.3 Å². The minimum Gasteiger partial charge on any atom is -0.507 e. The maximum absolute atomic E-state index is 13.4. The van der Waals surface area contributed by atoms with Gasteiger partial charge in [0.25, 0.3) is 0 Å². The van der Waals surface area contributed by atoms with Crippen molar-refractivity contribution in [2.24, 2.45) is 0 Å². The molecule has 0 aliphatic carbocycles. The van der Waals surface area contributed by atoms with Gasteiger partial charge in [0.15, 0.2) is 0 Å². The van der Waals surface area contributed by atoms with E-state index in [2.05, 4.69) is 11.1 Å². The second-order valence-electron chi connectivity index (χ2n) is 7.97. The van der Waals surface area contributed by atoms with E-state index in [4.69, 9.17) is 4.74 Å². The monoisotopic (exact) mass is 414 g/mol. The number of nitrogens with zero attached hydrogens (tertiary/aromatic N) is 1. The van der Waals surface area contributed by atoms with Gasteiger partial charge < -0.3 is 19.7 Å². The number of H-pyrrole nitrogens is 1. The molecule has 2 aliphatic rings. The first-order valence-electron chi connectivity index (χ1n) is 10.2. The highest BCUT2D eigenvalue weighted by atomic mass is 16.5. The van der Waals surface area contributed by atoms with Gasteiger partial charge in [-0.15, -0.1) is 0 Å². The second-order valence-corrected chi connectivity index (χ2v) is 7.97. The van der Waals surface area contributed by atoms with Gasteiger partial charge in [-0.3, -0.25) is 4.79 Å². The molecular formula is C25H22N2O4. The maximum atomic E-state index is 13.4. The van der Waals surface area contributed by atoms with Gasteiger partial charge in [-0.25, -0.2) is 4.79 Å². The second kappa shape index (κ2) is 6.87. The zero-order valence-corrected chi connectivity index (χ0v) is 17.3. The third-order valence-electron chi connectivity index (χ3n) is 6.44. The molecular weight excluding hydrogens is 392 g/mol. The molecule has 0 saturated carbocycles. The van der Waals surface area contributed by atoms with Gasteiger partial charge in [0.05, 0.1) is 23.9 Å². The van der Waals surface area contributed by atoms with Crippen molar-refractivity contribution in [2.45, 2.75) is 18.9 Å². The predicted molar refractivity (Wildman–Crippen MR) is 117 cm³/mol. The lowest BCUT2D eigenvalue weighted by atomic mass is 9.77. The van der Waals surface area contributed by atoms with Gasteiger partial charge in [0, 0.05) is 23.1 Å². The highest BCUT2D eigenvalue weighted by Gasteiger charge is 2.49. The number of esters is 1. The number of carbonyl (C=O) groups excluding carboxylic acids is 2. The maximum Gasteiger partial charge on any atom is 0.336 e. The van der Waals surface area contributed by atoms with Crippen LogP contribution in [0.25, 0.3) is 10.9 Å². The number of ketones is 1. The van der Waals surface area contributed by atoms with Crippen LogP contribution in [-0.2, 0) is 21.5 Å². The molecule has 2 N–H and O–H groups in total. The molecule has 31 heavy (non-hydrogen) atoms. The molecule has 6 nitrogen and oxygen atoms in total. The number of aromatic nitrogens is 1. The lowest BCUT2D eigenvalue weighted by molar-refractivity contribution is -0.137. The molecule has 1 unspecified atom stereocenters. The highest BCUT2D eigenvalue weighted by Crippen LogP contribution is 2.47. The molecule has 0 radical (unpaired) electrons. The summed E-state index contributed by atoms with van der Waals surface area (Å²) in [7, 11) is 1.36. The third-order valence-corrected chi connectivity index (χ3v) is 6.44. The van der Waals surface area contributed by atoms with Crippen LogP contribution in [0, 0.1) is 0 Å².